The van der Waals surface area contributed by atoms with Crippen LogP contribution in [0.1, 0.15) is 26.2 Å². The molecule has 0 radical (unpaired) electrons. The highest BCUT2D eigenvalue weighted by molar-refractivity contribution is 6.31. The van der Waals surface area contributed by atoms with Gasteiger partial charge in [0.05, 0.1) is 5.02 Å². The van der Waals surface area contributed by atoms with Crippen LogP contribution in [0.25, 0.3) is 11.1 Å². The number of anilines is 1. The summed E-state index contributed by atoms with van der Waals surface area (Å²) in [5, 5.41) is 0.109. The van der Waals surface area contributed by atoms with Crippen molar-refractivity contribution in [3.8, 4) is 11.1 Å². The number of rotatable bonds is 3. The normalized spacial score (nSPS) is 18.0. The van der Waals surface area contributed by atoms with Crippen molar-refractivity contribution in [3.05, 3.63) is 52.8 Å². The molecule has 1 aromatic carbocycles. The Labute approximate surface area is 157 Å². The lowest BCUT2D eigenvalue weighted by Crippen LogP contribution is -2.35. The monoisotopic (exact) mass is 370 g/mol. The summed E-state index contributed by atoms with van der Waals surface area (Å²) < 4.78 is 13.5. The highest BCUT2D eigenvalue weighted by atomic mass is 35.5. The van der Waals surface area contributed by atoms with Crippen LogP contribution in [0, 0.1) is 11.7 Å². The summed E-state index contributed by atoms with van der Waals surface area (Å²) in [6, 6.07) is 4.73. The largest absolute Gasteiger partial charge is 0.356 e. The number of hydrogen-bond acceptors (Lipinski definition) is 4. The van der Waals surface area contributed by atoms with Crippen LogP contribution in [0.5, 0.6) is 0 Å². The number of nitrogens with zero attached hydrogens (tertiary/aromatic N) is 4. The molecule has 4 rings (SSSR count). The average molecular weight is 371 g/mol. The Kier molecular flexibility index (Phi) is 4.72. The Morgan fingerprint density at radius 1 is 1.23 bits per heavy atom. The van der Waals surface area contributed by atoms with Crippen molar-refractivity contribution >= 4 is 23.6 Å². The minimum Gasteiger partial charge on any atom is -0.356 e. The van der Waals surface area contributed by atoms with Crippen molar-refractivity contribution in [2.45, 2.75) is 26.2 Å². The van der Waals surface area contributed by atoms with Crippen molar-refractivity contribution < 1.29 is 4.39 Å². The summed E-state index contributed by atoms with van der Waals surface area (Å²) in [6.45, 7) is 4.00. The maximum absolute atomic E-state index is 13.5. The molecule has 0 spiro atoms. The third-order valence-electron chi connectivity index (χ3n) is 5.17. The number of hydrogen-bond donors (Lipinski definition) is 0. The van der Waals surface area contributed by atoms with Crippen LogP contribution in [0.2, 0.25) is 5.02 Å². The molecule has 0 atom stereocenters. The van der Waals surface area contributed by atoms with E-state index in [-0.39, 0.29) is 5.02 Å². The van der Waals surface area contributed by atoms with Gasteiger partial charge in [0.2, 0.25) is 0 Å². The van der Waals surface area contributed by atoms with Gasteiger partial charge in [-0.25, -0.2) is 14.4 Å². The van der Waals surface area contributed by atoms with E-state index in [2.05, 4.69) is 26.8 Å². The van der Waals surface area contributed by atoms with Crippen molar-refractivity contribution in [1.29, 1.82) is 0 Å². The molecule has 0 saturated carbocycles. The van der Waals surface area contributed by atoms with Gasteiger partial charge in [-0.05, 0) is 43.0 Å². The van der Waals surface area contributed by atoms with E-state index in [1.807, 2.05) is 6.21 Å². The molecule has 2 aliphatic rings. The van der Waals surface area contributed by atoms with Crippen molar-refractivity contribution in [2.24, 2.45) is 10.9 Å². The number of piperidine rings is 1. The van der Waals surface area contributed by atoms with E-state index >= 15 is 0 Å². The molecule has 1 saturated heterocycles. The van der Waals surface area contributed by atoms with Gasteiger partial charge < -0.3 is 4.90 Å². The molecule has 1 aromatic heterocycles. The van der Waals surface area contributed by atoms with Crippen LogP contribution in [-0.2, 0) is 0 Å². The van der Waals surface area contributed by atoms with E-state index in [0.29, 0.717) is 5.92 Å². The second-order valence-corrected chi connectivity index (χ2v) is 7.24. The molecule has 134 valence electrons. The Hall–Kier alpha value is -2.27. The molecule has 3 heterocycles. The van der Waals surface area contributed by atoms with E-state index in [1.54, 1.807) is 24.7 Å². The lowest BCUT2D eigenvalue weighted by Gasteiger charge is -2.34. The average Bonchev–Trinajstić information content (AvgIpc) is 3.10. The fourth-order valence-electron chi connectivity index (χ4n) is 3.76. The molecule has 0 amide bonds. The standard InChI is InChI=1S/C20H20ClFN4/c1-13-4-7-24-19(13)14-5-8-26(9-6-14)20-16(11-23-12-25-20)15-2-3-18(22)17(21)10-15/h2-3,7,10-12,14H,4-6,8-9H2,1H3. The lowest BCUT2D eigenvalue weighted by atomic mass is 9.91. The van der Waals surface area contributed by atoms with Crippen molar-refractivity contribution in [1.82, 2.24) is 9.97 Å². The zero-order valence-electron chi connectivity index (χ0n) is 14.6. The first-order valence-corrected chi connectivity index (χ1v) is 9.24. The molecular formula is C20H20ClFN4. The third kappa shape index (κ3) is 3.23. The van der Waals surface area contributed by atoms with Crippen LogP contribution in [0.4, 0.5) is 10.2 Å². The second-order valence-electron chi connectivity index (χ2n) is 6.83. The van der Waals surface area contributed by atoms with Crippen LogP contribution in [0.3, 0.4) is 0 Å². The van der Waals surface area contributed by atoms with Crippen LogP contribution < -0.4 is 4.90 Å². The van der Waals surface area contributed by atoms with Gasteiger partial charge in [-0.15, -0.1) is 0 Å². The quantitative estimate of drug-likeness (QED) is 0.771. The number of allylic oxidation sites excluding steroid dienone is 2. The summed E-state index contributed by atoms with van der Waals surface area (Å²) in [5.74, 6) is 0.979. The van der Waals surface area contributed by atoms with Crippen LogP contribution >= 0.6 is 11.6 Å². The van der Waals surface area contributed by atoms with Gasteiger partial charge in [-0.3, -0.25) is 4.99 Å². The first kappa shape index (κ1) is 17.2. The molecule has 26 heavy (non-hydrogen) atoms. The highest BCUT2D eigenvalue weighted by Gasteiger charge is 2.26. The minimum atomic E-state index is -0.421. The van der Waals surface area contributed by atoms with Gasteiger partial charge in [-0.2, -0.15) is 0 Å². The van der Waals surface area contributed by atoms with Gasteiger partial charge in [0.15, 0.2) is 0 Å². The molecule has 0 aliphatic carbocycles. The minimum absolute atomic E-state index is 0.109. The fourth-order valence-corrected chi connectivity index (χ4v) is 3.94. The Morgan fingerprint density at radius 2 is 2.04 bits per heavy atom. The maximum atomic E-state index is 13.5. The predicted octanol–water partition coefficient (Wildman–Crippen LogP) is 4.90. The van der Waals surface area contributed by atoms with Gasteiger partial charge >= 0.3 is 0 Å². The fraction of sp³-hybridized carbons (Fsp3) is 0.350. The molecular weight excluding hydrogens is 351 g/mol. The molecule has 0 N–H and O–H groups in total. The Morgan fingerprint density at radius 3 is 2.73 bits per heavy atom. The van der Waals surface area contributed by atoms with E-state index in [0.717, 1.165) is 49.3 Å². The molecule has 2 aromatic rings. The lowest BCUT2D eigenvalue weighted by molar-refractivity contribution is 0.452. The van der Waals surface area contributed by atoms with E-state index in [4.69, 9.17) is 11.6 Å². The van der Waals surface area contributed by atoms with Gasteiger partial charge in [0.25, 0.3) is 0 Å². The molecule has 0 bridgehead atoms. The molecule has 6 heteroatoms. The summed E-state index contributed by atoms with van der Waals surface area (Å²) in [4.78, 5) is 15.5. The first-order chi connectivity index (χ1) is 12.6. The van der Waals surface area contributed by atoms with Gasteiger partial charge in [0.1, 0.15) is 18.0 Å². The molecule has 2 aliphatic heterocycles. The summed E-state index contributed by atoms with van der Waals surface area (Å²) in [5.41, 5.74) is 4.38. The van der Waals surface area contributed by atoms with E-state index in [9.17, 15) is 4.39 Å². The smallest absolute Gasteiger partial charge is 0.141 e. The second kappa shape index (κ2) is 7.16. The first-order valence-electron chi connectivity index (χ1n) is 8.86. The zero-order chi connectivity index (χ0) is 18.1. The maximum Gasteiger partial charge on any atom is 0.141 e. The third-order valence-corrected chi connectivity index (χ3v) is 5.46. The molecule has 0 unspecified atom stereocenters. The van der Waals surface area contributed by atoms with Crippen LogP contribution in [0.15, 0.2) is 47.0 Å². The van der Waals surface area contributed by atoms with Crippen molar-refractivity contribution in [2.75, 3.05) is 18.0 Å². The number of halogens is 2. The Bertz CT molecular complexity index is 885. The summed E-state index contributed by atoms with van der Waals surface area (Å²) in [6.07, 6.45) is 8.43. The molecule has 4 nitrogen and oxygen atoms in total. The van der Waals surface area contributed by atoms with Gasteiger partial charge in [0, 0.05) is 49.1 Å². The van der Waals surface area contributed by atoms with Gasteiger partial charge in [-0.1, -0.05) is 17.7 Å². The number of aliphatic imine (C=N–C) groups is 1. The summed E-state index contributed by atoms with van der Waals surface area (Å²) >= 11 is 5.96. The summed E-state index contributed by atoms with van der Waals surface area (Å²) in [7, 11) is 0. The zero-order valence-corrected chi connectivity index (χ0v) is 15.4. The number of benzene rings is 1. The highest BCUT2D eigenvalue weighted by Crippen LogP contribution is 2.35. The van der Waals surface area contributed by atoms with Crippen LogP contribution in [-0.4, -0.2) is 29.3 Å². The topological polar surface area (TPSA) is 41.4 Å². The van der Waals surface area contributed by atoms with E-state index in [1.165, 1.54) is 17.3 Å². The number of aromatic nitrogens is 2. The Balaban J connectivity index is 1.57. The molecule has 1 fully saturated rings. The van der Waals surface area contributed by atoms with Crippen molar-refractivity contribution in [3.63, 3.8) is 0 Å². The van der Waals surface area contributed by atoms with E-state index < -0.39 is 5.82 Å². The predicted molar refractivity (Wildman–Crippen MR) is 103 cm³/mol. The SMILES string of the molecule is CC1=C(C2CCN(c3ncncc3-c3ccc(F)c(Cl)c3)CC2)N=CC1.